The largest absolute Gasteiger partial charge is 0.453 e. The van der Waals surface area contributed by atoms with Crippen molar-refractivity contribution in [2.45, 2.75) is 39.5 Å². The Labute approximate surface area is 182 Å². The molecule has 1 aliphatic heterocycles. The second-order valence-corrected chi connectivity index (χ2v) is 9.00. The summed E-state index contributed by atoms with van der Waals surface area (Å²) in [5, 5.41) is 1.33. The van der Waals surface area contributed by atoms with E-state index in [-0.39, 0.29) is 5.75 Å². The number of fused-ring (bicyclic) bond motifs is 2. The lowest BCUT2D eigenvalue weighted by atomic mass is 10.1. The molecule has 0 saturated heterocycles. The summed E-state index contributed by atoms with van der Waals surface area (Å²) >= 11 is 0. The van der Waals surface area contributed by atoms with Crippen molar-refractivity contribution < 1.29 is 17.4 Å². The lowest BCUT2D eigenvalue weighted by Gasteiger charge is -2.32. The number of anilines is 2. The van der Waals surface area contributed by atoms with Gasteiger partial charge in [0.1, 0.15) is 11.4 Å². The predicted molar refractivity (Wildman–Crippen MR) is 120 cm³/mol. The minimum Gasteiger partial charge on any atom is -0.453 e. The lowest BCUT2D eigenvalue weighted by molar-refractivity contribution is 0.308. The highest BCUT2D eigenvalue weighted by molar-refractivity contribution is 7.86. The first-order valence-corrected chi connectivity index (χ1v) is 12.0. The predicted octanol–water partition coefficient (Wildman–Crippen LogP) is 5.40. The molecular weight excluding hydrogens is 414 g/mol. The summed E-state index contributed by atoms with van der Waals surface area (Å²) in [5.41, 5.74) is 2.54. The number of nitrogens with zero attached hydrogens (tertiary/aromatic N) is 3. The SMILES string of the molecule is CCCCc1ccnc(-c2cccc3c2N(OS(=O)(=O)CCC)c2ccccc2O3)n1. The van der Waals surface area contributed by atoms with Crippen molar-refractivity contribution in [2.75, 3.05) is 10.8 Å². The summed E-state index contributed by atoms with van der Waals surface area (Å²) in [6.07, 6.45) is 5.13. The van der Waals surface area contributed by atoms with Crippen molar-refractivity contribution >= 4 is 21.5 Å². The van der Waals surface area contributed by atoms with Gasteiger partial charge in [-0.15, -0.1) is 4.28 Å². The number of para-hydroxylation sites is 3. The van der Waals surface area contributed by atoms with Crippen LogP contribution in [-0.2, 0) is 20.8 Å². The molecule has 3 aromatic rings. The molecule has 0 N–H and O–H groups in total. The normalized spacial score (nSPS) is 12.8. The molecule has 0 aliphatic carbocycles. The number of unbranched alkanes of at least 4 members (excludes halogenated alkanes) is 1. The maximum absolute atomic E-state index is 12.6. The Kier molecular flexibility index (Phi) is 6.20. The van der Waals surface area contributed by atoms with Crippen LogP contribution in [0.3, 0.4) is 0 Å². The summed E-state index contributed by atoms with van der Waals surface area (Å²) < 4.78 is 36.9. The molecule has 7 nitrogen and oxygen atoms in total. The van der Waals surface area contributed by atoms with E-state index in [9.17, 15) is 8.42 Å². The number of aromatic nitrogens is 2. The maximum Gasteiger partial charge on any atom is 0.288 e. The summed E-state index contributed by atoms with van der Waals surface area (Å²) in [4.78, 5) is 9.16. The maximum atomic E-state index is 12.6. The Hall–Kier alpha value is -2.97. The molecule has 31 heavy (non-hydrogen) atoms. The van der Waals surface area contributed by atoms with Crippen molar-refractivity contribution in [3.63, 3.8) is 0 Å². The van der Waals surface area contributed by atoms with Gasteiger partial charge in [-0.3, -0.25) is 0 Å². The molecule has 0 amide bonds. The van der Waals surface area contributed by atoms with Crippen LogP contribution in [0.5, 0.6) is 11.5 Å². The minimum absolute atomic E-state index is 0.0903. The smallest absolute Gasteiger partial charge is 0.288 e. The quantitative estimate of drug-likeness (QED) is 0.465. The van der Waals surface area contributed by atoms with Gasteiger partial charge in [-0.1, -0.05) is 38.5 Å². The molecular formula is C23H25N3O4S. The van der Waals surface area contributed by atoms with Gasteiger partial charge in [-0.05, 0) is 49.6 Å². The number of hydrogen-bond donors (Lipinski definition) is 0. The third kappa shape index (κ3) is 4.55. The number of ether oxygens (including phenoxy) is 1. The van der Waals surface area contributed by atoms with Crippen LogP contribution in [0.2, 0.25) is 0 Å². The van der Waals surface area contributed by atoms with Gasteiger partial charge in [0.25, 0.3) is 10.1 Å². The molecule has 1 aliphatic rings. The summed E-state index contributed by atoms with van der Waals surface area (Å²) in [7, 11) is -3.81. The van der Waals surface area contributed by atoms with Gasteiger partial charge in [0.2, 0.25) is 0 Å². The fraction of sp³-hybridized carbons (Fsp3) is 0.304. The van der Waals surface area contributed by atoms with Crippen molar-refractivity contribution in [3.05, 3.63) is 60.4 Å². The van der Waals surface area contributed by atoms with Crippen LogP contribution >= 0.6 is 0 Å². The van der Waals surface area contributed by atoms with E-state index in [1.54, 1.807) is 37.4 Å². The molecule has 8 heteroatoms. The van der Waals surface area contributed by atoms with E-state index in [1.165, 1.54) is 5.06 Å². The average molecular weight is 440 g/mol. The molecule has 0 fully saturated rings. The Morgan fingerprint density at radius 3 is 2.61 bits per heavy atom. The standard InChI is InChI=1S/C23H25N3O4S/c1-3-5-9-17-14-15-24-23(25-17)18-10-8-13-21-22(18)26(30-31(27,28)16-4-2)19-11-6-7-12-20(19)29-21/h6-8,10-15H,3-5,9,16H2,1-2H3. The second-order valence-electron chi connectivity index (χ2n) is 7.33. The first-order chi connectivity index (χ1) is 15.0. The Bertz CT molecular complexity index is 1180. The van der Waals surface area contributed by atoms with E-state index in [2.05, 4.69) is 11.9 Å². The number of benzene rings is 2. The Morgan fingerprint density at radius 1 is 1.00 bits per heavy atom. The molecule has 0 atom stereocenters. The van der Waals surface area contributed by atoms with E-state index < -0.39 is 10.1 Å². The molecule has 0 radical (unpaired) electrons. The number of rotatable bonds is 8. The van der Waals surface area contributed by atoms with Gasteiger partial charge in [0.05, 0.1) is 5.75 Å². The average Bonchev–Trinajstić information content (AvgIpc) is 2.77. The molecule has 2 heterocycles. The van der Waals surface area contributed by atoms with Gasteiger partial charge in [-0.25, -0.2) is 9.97 Å². The zero-order valence-electron chi connectivity index (χ0n) is 17.6. The fourth-order valence-corrected chi connectivity index (χ4v) is 4.40. The van der Waals surface area contributed by atoms with Gasteiger partial charge in [0.15, 0.2) is 17.3 Å². The summed E-state index contributed by atoms with van der Waals surface area (Å²) in [6, 6.07) is 14.5. The van der Waals surface area contributed by atoms with Gasteiger partial charge in [-0.2, -0.15) is 13.5 Å². The van der Waals surface area contributed by atoms with Crippen LogP contribution in [0.25, 0.3) is 11.4 Å². The van der Waals surface area contributed by atoms with Crippen LogP contribution in [0.15, 0.2) is 54.7 Å². The van der Waals surface area contributed by atoms with Gasteiger partial charge < -0.3 is 4.74 Å². The van der Waals surface area contributed by atoms with Crippen molar-refractivity contribution in [1.82, 2.24) is 9.97 Å². The highest BCUT2D eigenvalue weighted by Crippen LogP contribution is 2.50. The molecule has 0 unspecified atom stereocenters. The zero-order valence-corrected chi connectivity index (χ0v) is 18.4. The molecule has 0 saturated carbocycles. The van der Waals surface area contributed by atoms with E-state index in [0.29, 0.717) is 40.7 Å². The van der Waals surface area contributed by atoms with Crippen molar-refractivity contribution in [1.29, 1.82) is 0 Å². The minimum atomic E-state index is -3.81. The highest BCUT2D eigenvalue weighted by atomic mass is 32.2. The van der Waals surface area contributed by atoms with Gasteiger partial charge in [0, 0.05) is 17.5 Å². The first-order valence-electron chi connectivity index (χ1n) is 10.5. The van der Waals surface area contributed by atoms with E-state index >= 15 is 0 Å². The molecule has 0 bridgehead atoms. The van der Waals surface area contributed by atoms with Crippen LogP contribution in [-0.4, -0.2) is 24.1 Å². The Morgan fingerprint density at radius 2 is 1.81 bits per heavy atom. The van der Waals surface area contributed by atoms with Crippen LogP contribution < -0.4 is 9.80 Å². The topological polar surface area (TPSA) is 81.6 Å². The van der Waals surface area contributed by atoms with E-state index in [0.717, 1.165) is 25.0 Å². The third-order valence-corrected chi connectivity index (χ3v) is 6.17. The molecule has 162 valence electrons. The zero-order chi connectivity index (χ0) is 21.8. The van der Waals surface area contributed by atoms with Crippen LogP contribution in [0.4, 0.5) is 11.4 Å². The summed E-state index contributed by atoms with van der Waals surface area (Å²) in [6.45, 7) is 3.93. The monoisotopic (exact) mass is 439 g/mol. The fourth-order valence-electron chi connectivity index (χ4n) is 3.45. The van der Waals surface area contributed by atoms with Crippen LogP contribution in [0, 0.1) is 0 Å². The van der Waals surface area contributed by atoms with E-state index in [1.807, 2.05) is 24.3 Å². The molecule has 2 aromatic carbocycles. The van der Waals surface area contributed by atoms with Crippen molar-refractivity contribution in [3.8, 4) is 22.9 Å². The van der Waals surface area contributed by atoms with E-state index in [4.69, 9.17) is 14.0 Å². The third-order valence-electron chi connectivity index (χ3n) is 4.89. The number of hydrogen-bond acceptors (Lipinski definition) is 7. The second kappa shape index (κ2) is 9.03. The number of aryl methyl sites for hydroxylation is 1. The molecule has 4 rings (SSSR count). The molecule has 1 aromatic heterocycles. The summed E-state index contributed by atoms with van der Waals surface area (Å²) in [5.74, 6) is 1.39. The lowest BCUT2D eigenvalue weighted by Crippen LogP contribution is -2.27. The molecule has 0 spiro atoms. The van der Waals surface area contributed by atoms with Gasteiger partial charge >= 0.3 is 0 Å². The Balaban J connectivity index is 1.84. The first kappa shape index (κ1) is 21.3. The van der Waals surface area contributed by atoms with Crippen LogP contribution in [0.1, 0.15) is 38.8 Å². The van der Waals surface area contributed by atoms with Crippen molar-refractivity contribution in [2.24, 2.45) is 0 Å². The highest BCUT2D eigenvalue weighted by Gasteiger charge is 2.32.